The van der Waals surface area contributed by atoms with Gasteiger partial charge in [-0.3, -0.25) is 4.79 Å². The summed E-state index contributed by atoms with van der Waals surface area (Å²) in [5, 5.41) is 6.69. The molecule has 0 saturated carbocycles. The van der Waals surface area contributed by atoms with Crippen molar-refractivity contribution in [1.82, 2.24) is 10.5 Å². The molecule has 6 heteroatoms. The molecule has 1 heterocycles. The van der Waals surface area contributed by atoms with Crippen molar-refractivity contribution in [1.29, 1.82) is 0 Å². The lowest BCUT2D eigenvalue weighted by Crippen LogP contribution is -2.30. The Balaban J connectivity index is 1.77. The van der Waals surface area contributed by atoms with Crippen LogP contribution in [0.25, 0.3) is 0 Å². The number of amides is 1. The molecule has 0 aliphatic heterocycles. The third-order valence-corrected chi connectivity index (χ3v) is 3.31. The van der Waals surface area contributed by atoms with Crippen LogP contribution in [-0.2, 0) is 11.2 Å². The second-order valence-corrected chi connectivity index (χ2v) is 4.84. The number of nitrogens with one attached hydrogen (secondary N) is 1. The number of methoxy groups -OCH3 is 1. The zero-order chi connectivity index (χ0) is 15.9. The van der Waals surface area contributed by atoms with E-state index in [1.54, 1.807) is 19.2 Å². The highest BCUT2D eigenvalue weighted by Crippen LogP contribution is 2.25. The molecule has 0 atom stereocenters. The van der Waals surface area contributed by atoms with E-state index >= 15 is 0 Å². The van der Waals surface area contributed by atoms with E-state index in [1.165, 1.54) is 0 Å². The third-order valence-electron chi connectivity index (χ3n) is 3.31. The summed E-state index contributed by atoms with van der Waals surface area (Å²) in [4.78, 5) is 11.8. The maximum atomic E-state index is 11.8. The first-order valence-electron chi connectivity index (χ1n) is 7.06. The Morgan fingerprint density at radius 3 is 2.64 bits per heavy atom. The van der Waals surface area contributed by atoms with Crippen LogP contribution in [0, 0.1) is 13.8 Å². The fourth-order valence-electron chi connectivity index (χ4n) is 2.12. The van der Waals surface area contributed by atoms with Gasteiger partial charge in [0.05, 0.1) is 12.8 Å². The van der Waals surface area contributed by atoms with Crippen LogP contribution in [0.5, 0.6) is 11.5 Å². The summed E-state index contributed by atoms with van der Waals surface area (Å²) in [7, 11) is 1.56. The highest BCUT2D eigenvalue weighted by molar-refractivity contribution is 5.77. The summed E-state index contributed by atoms with van der Waals surface area (Å²) in [6.45, 7) is 4.21. The van der Waals surface area contributed by atoms with Crippen LogP contribution in [0.1, 0.15) is 17.0 Å². The van der Waals surface area contributed by atoms with E-state index in [0.29, 0.717) is 24.5 Å². The van der Waals surface area contributed by atoms with Crippen molar-refractivity contribution >= 4 is 5.91 Å². The second-order valence-electron chi connectivity index (χ2n) is 4.84. The largest absolute Gasteiger partial charge is 0.493 e. The van der Waals surface area contributed by atoms with Crippen LogP contribution < -0.4 is 14.8 Å². The zero-order valence-corrected chi connectivity index (χ0v) is 13.0. The summed E-state index contributed by atoms with van der Waals surface area (Å²) in [5.41, 5.74) is 1.89. The maximum absolute atomic E-state index is 11.8. The van der Waals surface area contributed by atoms with Crippen LogP contribution in [0.15, 0.2) is 28.8 Å². The van der Waals surface area contributed by atoms with Gasteiger partial charge in [0.15, 0.2) is 18.1 Å². The summed E-state index contributed by atoms with van der Waals surface area (Å²) >= 11 is 0. The average Bonchev–Trinajstić information content (AvgIpc) is 2.85. The lowest BCUT2D eigenvalue weighted by atomic mass is 10.1. The van der Waals surface area contributed by atoms with Gasteiger partial charge in [-0.25, -0.2) is 0 Å². The van der Waals surface area contributed by atoms with Crippen LogP contribution in [0.4, 0.5) is 0 Å². The van der Waals surface area contributed by atoms with Crippen LogP contribution in [0.3, 0.4) is 0 Å². The molecule has 0 aliphatic rings. The highest BCUT2D eigenvalue weighted by Gasteiger charge is 2.10. The van der Waals surface area contributed by atoms with Gasteiger partial charge in [0.2, 0.25) is 0 Å². The lowest BCUT2D eigenvalue weighted by Gasteiger charge is -2.10. The molecule has 0 radical (unpaired) electrons. The summed E-state index contributed by atoms with van der Waals surface area (Å²) in [6.07, 6.45) is 0.682. The maximum Gasteiger partial charge on any atom is 0.257 e. The number of nitrogens with zero attached hydrogens (tertiary/aromatic N) is 1. The van der Waals surface area contributed by atoms with E-state index in [2.05, 4.69) is 10.5 Å². The van der Waals surface area contributed by atoms with Gasteiger partial charge in [0, 0.05) is 12.1 Å². The molecule has 22 heavy (non-hydrogen) atoms. The van der Waals surface area contributed by atoms with Gasteiger partial charge < -0.3 is 19.3 Å². The van der Waals surface area contributed by atoms with Gasteiger partial charge in [0.25, 0.3) is 5.91 Å². The van der Waals surface area contributed by atoms with Crippen molar-refractivity contribution in [2.24, 2.45) is 0 Å². The summed E-state index contributed by atoms with van der Waals surface area (Å²) in [5.74, 6) is 1.76. The minimum Gasteiger partial charge on any atom is -0.493 e. The Bertz CT molecular complexity index is 617. The Labute approximate surface area is 129 Å². The number of carbonyl (C=O) groups excluding carboxylic acids is 1. The Morgan fingerprint density at radius 2 is 2.00 bits per heavy atom. The van der Waals surface area contributed by atoms with Crippen molar-refractivity contribution in [2.75, 3.05) is 20.3 Å². The van der Waals surface area contributed by atoms with E-state index in [1.807, 2.05) is 26.0 Å². The van der Waals surface area contributed by atoms with E-state index in [4.69, 9.17) is 14.0 Å². The Kier molecular flexibility index (Phi) is 5.41. The summed E-state index contributed by atoms with van der Waals surface area (Å²) in [6, 6.07) is 7.21. The number of aryl methyl sites for hydroxylation is 2. The normalized spacial score (nSPS) is 10.3. The molecule has 0 saturated heterocycles. The van der Waals surface area contributed by atoms with Gasteiger partial charge in [-0.2, -0.15) is 0 Å². The fraction of sp³-hybridized carbons (Fsp3) is 0.375. The number of ether oxygens (including phenoxy) is 2. The van der Waals surface area contributed by atoms with Crippen molar-refractivity contribution in [3.8, 4) is 11.5 Å². The van der Waals surface area contributed by atoms with Crippen molar-refractivity contribution in [3.05, 3.63) is 41.3 Å². The number of benzene rings is 1. The monoisotopic (exact) mass is 304 g/mol. The molecule has 0 bridgehead atoms. The molecule has 1 aromatic carbocycles. The molecule has 0 unspecified atom stereocenters. The Hall–Kier alpha value is -2.50. The van der Waals surface area contributed by atoms with E-state index in [0.717, 1.165) is 17.0 Å². The van der Waals surface area contributed by atoms with E-state index in [9.17, 15) is 4.79 Å². The van der Waals surface area contributed by atoms with Gasteiger partial charge in [-0.05, 0) is 32.4 Å². The molecule has 0 fully saturated rings. The minimum absolute atomic E-state index is 0.0536. The second kappa shape index (κ2) is 7.49. The minimum atomic E-state index is -0.183. The number of para-hydroxylation sites is 2. The molecule has 6 nitrogen and oxygen atoms in total. The molecule has 1 N–H and O–H groups in total. The van der Waals surface area contributed by atoms with Crippen molar-refractivity contribution < 1.29 is 18.8 Å². The van der Waals surface area contributed by atoms with Gasteiger partial charge in [0.1, 0.15) is 5.76 Å². The number of aromatic nitrogens is 1. The molecule has 2 aromatic rings. The molecule has 118 valence electrons. The third kappa shape index (κ3) is 4.00. The molecule has 1 aromatic heterocycles. The number of hydrogen-bond acceptors (Lipinski definition) is 5. The number of carbonyl (C=O) groups is 1. The standard InChI is InChI=1S/C16H20N2O4/c1-11-13(12(2)22-18-11)8-9-17-16(19)10-21-15-7-5-4-6-14(15)20-3/h4-7H,8-10H2,1-3H3,(H,17,19). The van der Waals surface area contributed by atoms with E-state index in [-0.39, 0.29) is 12.5 Å². The molecule has 2 rings (SSSR count). The smallest absolute Gasteiger partial charge is 0.257 e. The van der Waals surface area contributed by atoms with Crippen LogP contribution in [-0.4, -0.2) is 31.3 Å². The predicted molar refractivity (Wildman–Crippen MR) is 81.2 cm³/mol. The molecular weight excluding hydrogens is 284 g/mol. The first kappa shape index (κ1) is 15.9. The highest BCUT2D eigenvalue weighted by atomic mass is 16.5. The van der Waals surface area contributed by atoms with E-state index < -0.39 is 0 Å². The molecule has 0 spiro atoms. The lowest BCUT2D eigenvalue weighted by molar-refractivity contribution is -0.123. The van der Waals surface area contributed by atoms with Crippen molar-refractivity contribution in [2.45, 2.75) is 20.3 Å². The Morgan fingerprint density at radius 1 is 1.27 bits per heavy atom. The average molecular weight is 304 g/mol. The quantitative estimate of drug-likeness (QED) is 0.847. The zero-order valence-electron chi connectivity index (χ0n) is 13.0. The van der Waals surface area contributed by atoms with Crippen molar-refractivity contribution in [3.63, 3.8) is 0 Å². The van der Waals surface area contributed by atoms with Gasteiger partial charge in [-0.1, -0.05) is 17.3 Å². The molecular formula is C16H20N2O4. The van der Waals surface area contributed by atoms with Gasteiger partial charge >= 0.3 is 0 Å². The molecule has 1 amide bonds. The number of hydrogen-bond donors (Lipinski definition) is 1. The summed E-state index contributed by atoms with van der Waals surface area (Å²) < 4.78 is 15.7. The first-order valence-corrected chi connectivity index (χ1v) is 7.06. The fourth-order valence-corrected chi connectivity index (χ4v) is 2.12. The van der Waals surface area contributed by atoms with Crippen LogP contribution in [0.2, 0.25) is 0 Å². The molecule has 0 aliphatic carbocycles. The predicted octanol–water partition coefficient (Wildman–Crippen LogP) is 2.04. The SMILES string of the molecule is COc1ccccc1OCC(=O)NCCc1c(C)noc1C. The van der Waals surface area contributed by atoms with Gasteiger partial charge in [-0.15, -0.1) is 0 Å². The number of rotatable bonds is 7. The topological polar surface area (TPSA) is 73.6 Å². The van der Waals surface area contributed by atoms with Crippen LogP contribution >= 0.6 is 0 Å². The first-order chi connectivity index (χ1) is 10.6.